The van der Waals surface area contributed by atoms with Crippen LogP contribution in [0.15, 0.2) is 36.2 Å². The largest absolute Gasteiger partial charge is 0.387 e. The van der Waals surface area contributed by atoms with E-state index in [0.29, 0.717) is 18.6 Å². The summed E-state index contributed by atoms with van der Waals surface area (Å²) in [6, 6.07) is 3.16. The molecule has 2 unspecified atom stereocenters. The number of nitrogens with zero attached hydrogens (tertiary/aromatic N) is 3. The van der Waals surface area contributed by atoms with Crippen molar-refractivity contribution in [2.24, 2.45) is 0 Å². The molecule has 4 rings (SSSR count). The summed E-state index contributed by atoms with van der Waals surface area (Å²) >= 11 is 0. The molecule has 3 aliphatic rings. The van der Waals surface area contributed by atoms with Crippen LogP contribution in [0.5, 0.6) is 0 Å². The number of aliphatic hydroxyl groups excluding tert-OH is 1. The van der Waals surface area contributed by atoms with E-state index in [9.17, 15) is 5.11 Å². The predicted molar refractivity (Wildman–Crippen MR) is 95.1 cm³/mol. The van der Waals surface area contributed by atoms with Gasteiger partial charge in [0.1, 0.15) is 18.0 Å². The molecule has 1 aliphatic carbocycles. The first-order valence-corrected chi connectivity index (χ1v) is 8.89. The van der Waals surface area contributed by atoms with E-state index in [1.165, 1.54) is 12.8 Å². The highest BCUT2D eigenvalue weighted by Crippen LogP contribution is 2.24. The highest BCUT2D eigenvalue weighted by Gasteiger charge is 2.32. The zero-order valence-electron chi connectivity index (χ0n) is 13.9. The number of fused-ring (bicyclic) bond motifs is 2. The number of aliphatic hydroxyl groups is 1. The number of anilines is 2. The van der Waals surface area contributed by atoms with Gasteiger partial charge in [-0.2, -0.15) is 0 Å². The lowest BCUT2D eigenvalue weighted by Gasteiger charge is -2.33. The third-order valence-corrected chi connectivity index (χ3v) is 5.08. The maximum atomic E-state index is 10.3. The zero-order valence-corrected chi connectivity index (χ0v) is 13.9. The number of piperazine rings is 1. The third kappa shape index (κ3) is 3.44. The fourth-order valence-corrected chi connectivity index (χ4v) is 3.80. The van der Waals surface area contributed by atoms with Crippen LogP contribution in [0.4, 0.5) is 11.6 Å². The van der Waals surface area contributed by atoms with Crippen LogP contribution in [0.3, 0.4) is 0 Å². The molecule has 1 aromatic rings. The van der Waals surface area contributed by atoms with E-state index >= 15 is 0 Å². The maximum Gasteiger partial charge on any atom is 0.134 e. The molecule has 1 aromatic heterocycles. The molecule has 6 nitrogen and oxygen atoms in total. The number of nitrogens with one attached hydrogen (secondary N) is 2. The molecule has 3 heterocycles. The number of hydrogen-bond donors (Lipinski definition) is 3. The topological polar surface area (TPSA) is 73.3 Å². The molecule has 2 bridgehead atoms. The van der Waals surface area contributed by atoms with Crippen molar-refractivity contribution in [2.45, 2.75) is 43.9 Å². The lowest BCUT2D eigenvalue weighted by molar-refractivity contribution is 0.227. The molecule has 3 N–H and O–H groups in total. The van der Waals surface area contributed by atoms with Crippen molar-refractivity contribution in [3.05, 3.63) is 36.2 Å². The van der Waals surface area contributed by atoms with Gasteiger partial charge in [0, 0.05) is 37.8 Å². The van der Waals surface area contributed by atoms with E-state index < -0.39 is 6.10 Å². The first kappa shape index (κ1) is 15.6. The summed E-state index contributed by atoms with van der Waals surface area (Å²) < 4.78 is 0. The van der Waals surface area contributed by atoms with Crippen LogP contribution >= 0.6 is 0 Å². The van der Waals surface area contributed by atoms with Gasteiger partial charge < -0.3 is 20.6 Å². The van der Waals surface area contributed by atoms with Crippen LogP contribution < -0.4 is 15.5 Å². The molecule has 0 aromatic carbocycles. The van der Waals surface area contributed by atoms with Gasteiger partial charge in [0.05, 0.1) is 6.10 Å². The Bertz CT molecular complexity index is 632. The third-order valence-electron chi connectivity index (χ3n) is 5.08. The Balaban J connectivity index is 1.38. The van der Waals surface area contributed by atoms with Crippen LogP contribution in [0.25, 0.3) is 0 Å². The normalized spacial score (nSPS) is 27.0. The first-order valence-electron chi connectivity index (χ1n) is 8.89. The molecule has 24 heavy (non-hydrogen) atoms. The number of aromatic nitrogens is 2. The van der Waals surface area contributed by atoms with E-state index in [1.807, 2.05) is 12.1 Å². The first-order chi connectivity index (χ1) is 11.8. The monoisotopic (exact) mass is 327 g/mol. The molecular weight excluding hydrogens is 302 g/mol. The molecule has 0 radical (unpaired) electrons. The highest BCUT2D eigenvalue weighted by molar-refractivity contribution is 5.49. The van der Waals surface area contributed by atoms with Gasteiger partial charge in [0.25, 0.3) is 0 Å². The summed E-state index contributed by atoms with van der Waals surface area (Å²) in [7, 11) is 0. The second-order valence-electron chi connectivity index (χ2n) is 6.88. The summed E-state index contributed by atoms with van der Waals surface area (Å²) in [6.45, 7) is 2.47. The Kier molecular flexibility index (Phi) is 4.49. The van der Waals surface area contributed by atoms with Gasteiger partial charge in [0.15, 0.2) is 0 Å². The molecule has 0 amide bonds. The summed E-state index contributed by atoms with van der Waals surface area (Å²) in [5.41, 5.74) is 0.988. The van der Waals surface area contributed by atoms with Crippen LogP contribution in [-0.2, 0) is 0 Å². The minimum absolute atomic E-state index is 0.458. The van der Waals surface area contributed by atoms with Crippen molar-refractivity contribution in [3.63, 3.8) is 0 Å². The van der Waals surface area contributed by atoms with E-state index in [4.69, 9.17) is 0 Å². The maximum absolute atomic E-state index is 10.3. The molecule has 2 saturated heterocycles. The summed E-state index contributed by atoms with van der Waals surface area (Å²) in [5.74, 6) is 1.74. The fraction of sp³-hybridized carbons (Fsp3) is 0.556. The molecule has 3 atom stereocenters. The van der Waals surface area contributed by atoms with E-state index in [2.05, 4.69) is 37.7 Å². The average Bonchev–Trinajstić information content (AvgIpc) is 2.98. The molecule has 128 valence electrons. The number of allylic oxidation sites excluding steroid dienone is 2. The molecule has 6 heteroatoms. The average molecular weight is 327 g/mol. The van der Waals surface area contributed by atoms with Crippen molar-refractivity contribution in [1.29, 1.82) is 0 Å². The van der Waals surface area contributed by atoms with Gasteiger partial charge in [-0.25, -0.2) is 9.97 Å². The molecule has 0 spiro atoms. The number of rotatable bonds is 5. The van der Waals surface area contributed by atoms with Gasteiger partial charge in [-0.15, -0.1) is 0 Å². The minimum atomic E-state index is -0.505. The lowest BCUT2D eigenvalue weighted by atomic mass is 10.0. The van der Waals surface area contributed by atoms with E-state index in [-0.39, 0.29) is 0 Å². The van der Waals surface area contributed by atoms with E-state index in [1.54, 1.807) is 6.33 Å². The SMILES string of the molecule is O[C@@H](CNc1cc(N2CC3CCC(C2)N3)ncn1)C1=CCCC=C1. The van der Waals surface area contributed by atoms with Crippen LogP contribution in [-0.4, -0.2) is 52.9 Å². The molecule has 2 fully saturated rings. The quantitative estimate of drug-likeness (QED) is 0.760. The van der Waals surface area contributed by atoms with E-state index in [0.717, 1.165) is 43.1 Å². The predicted octanol–water partition coefficient (Wildman–Crippen LogP) is 1.47. The van der Waals surface area contributed by atoms with Crippen molar-refractivity contribution in [2.75, 3.05) is 29.9 Å². The molecule has 0 saturated carbocycles. The summed E-state index contributed by atoms with van der Waals surface area (Å²) in [4.78, 5) is 11.1. The fourth-order valence-electron chi connectivity index (χ4n) is 3.80. The van der Waals surface area contributed by atoms with Crippen LogP contribution in [0, 0.1) is 0 Å². The molecular formula is C18H25N5O. The Morgan fingerprint density at radius 2 is 2.08 bits per heavy atom. The minimum Gasteiger partial charge on any atom is -0.387 e. The smallest absolute Gasteiger partial charge is 0.134 e. The van der Waals surface area contributed by atoms with Crippen molar-refractivity contribution in [3.8, 4) is 0 Å². The van der Waals surface area contributed by atoms with Gasteiger partial charge in [0.2, 0.25) is 0 Å². The van der Waals surface area contributed by atoms with Gasteiger partial charge in [-0.3, -0.25) is 0 Å². The Morgan fingerprint density at radius 1 is 1.25 bits per heavy atom. The van der Waals surface area contributed by atoms with Crippen molar-refractivity contribution in [1.82, 2.24) is 15.3 Å². The Morgan fingerprint density at radius 3 is 2.83 bits per heavy atom. The van der Waals surface area contributed by atoms with Crippen LogP contribution in [0.2, 0.25) is 0 Å². The van der Waals surface area contributed by atoms with Gasteiger partial charge in [-0.05, 0) is 31.3 Å². The van der Waals surface area contributed by atoms with Crippen LogP contribution in [0.1, 0.15) is 25.7 Å². The van der Waals surface area contributed by atoms with Crippen molar-refractivity contribution >= 4 is 11.6 Å². The Labute approximate surface area is 142 Å². The van der Waals surface area contributed by atoms with Crippen molar-refractivity contribution < 1.29 is 5.11 Å². The lowest BCUT2D eigenvalue weighted by Crippen LogP contribution is -2.51. The second kappa shape index (κ2) is 6.91. The summed E-state index contributed by atoms with van der Waals surface area (Å²) in [5, 5.41) is 17.2. The second-order valence-corrected chi connectivity index (χ2v) is 6.88. The Hall–Kier alpha value is -1.92. The zero-order chi connectivity index (χ0) is 16.4. The van der Waals surface area contributed by atoms with Gasteiger partial charge in [-0.1, -0.05) is 18.2 Å². The summed E-state index contributed by atoms with van der Waals surface area (Å²) in [6.07, 6.45) is 11.9. The standard InChI is InChI=1S/C18H25N5O/c24-16(13-4-2-1-3-5-13)9-19-17-8-18(21-12-20-17)23-10-14-6-7-15(11-23)22-14/h2,4-5,8,12,14-16,22,24H,1,3,6-7,9-11H2,(H,19,20,21)/t14?,15?,16-/m0/s1. The van der Waals surface area contributed by atoms with Gasteiger partial charge >= 0.3 is 0 Å². The molecule has 2 aliphatic heterocycles. The number of hydrogen-bond acceptors (Lipinski definition) is 6. The highest BCUT2D eigenvalue weighted by atomic mass is 16.3.